The Morgan fingerprint density at radius 2 is 1.87 bits per heavy atom. The summed E-state index contributed by atoms with van der Waals surface area (Å²) in [4.78, 5) is 11.6. The van der Waals surface area contributed by atoms with Crippen LogP contribution in [0.3, 0.4) is 0 Å². The van der Waals surface area contributed by atoms with Gasteiger partial charge in [-0.25, -0.2) is 0 Å². The van der Waals surface area contributed by atoms with Gasteiger partial charge in [0, 0.05) is 0 Å². The molecular weight excluding hydrogens is 192 g/mol. The predicted molar refractivity (Wildman–Crippen MR) is 61.3 cm³/mol. The zero-order valence-electron chi connectivity index (χ0n) is 10.2. The Labute approximate surface area is 92.2 Å². The van der Waals surface area contributed by atoms with E-state index in [-0.39, 0.29) is 24.5 Å². The molecule has 2 atom stereocenters. The van der Waals surface area contributed by atoms with Crippen LogP contribution in [0.25, 0.3) is 0 Å². The second-order valence-electron chi connectivity index (χ2n) is 4.79. The van der Waals surface area contributed by atoms with E-state index in [1.165, 1.54) is 0 Å². The molecule has 4 N–H and O–H groups in total. The highest BCUT2D eigenvalue weighted by Crippen LogP contribution is 2.05. The van der Waals surface area contributed by atoms with Crippen molar-refractivity contribution in [3.05, 3.63) is 0 Å². The van der Waals surface area contributed by atoms with Gasteiger partial charge in [0.05, 0.1) is 18.7 Å². The van der Waals surface area contributed by atoms with Crippen molar-refractivity contribution in [3.8, 4) is 0 Å². The molecule has 1 amide bonds. The van der Waals surface area contributed by atoms with Gasteiger partial charge in [-0.1, -0.05) is 27.7 Å². The third kappa shape index (κ3) is 5.74. The van der Waals surface area contributed by atoms with E-state index in [1.54, 1.807) is 0 Å². The number of amides is 1. The fourth-order valence-corrected chi connectivity index (χ4v) is 1.35. The summed E-state index contributed by atoms with van der Waals surface area (Å²) >= 11 is 0. The lowest BCUT2D eigenvalue weighted by Gasteiger charge is -2.22. The molecule has 0 aromatic carbocycles. The summed E-state index contributed by atoms with van der Waals surface area (Å²) < 4.78 is 0. The molecule has 4 nitrogen and oxygen atoms in total. The standard InChI is InChI=1S/C11H24N2O2/c1-7(2)5-9(6-14)13-11(15)10(12)8(3)4/h7-10,14H,5-6,12H2,1-4H3,(H,13,15)/t9?,10-/m1/s1. The summed E-state index contributed by atoms with van der Waals surface area (Å²) in [7, 11) is 0. The van der Waals surface area contributed by atoms with E-state index in [9.17, 15) is 4.79 Å². The number of rotatable bonds is 6. The number of aliphatic hydroxyl groups is 1. The zero-order valence-corrected chi connectivity index (χ0v) is 10.2. The highest BCUT2D eigenvalue weighted by Gasteiger charge is 2.20. The fourth-order valence-electron chi connectivity index (χ4n) is 1.35. The molecule has 0 saturated heterocycles. The molecule has 0 saturated carbocycles. The number of carbonyl (C=O) groups excluding carboxylic acids is 1. The number of hydrogen-bond donors (Lipinski definition) is 3. The van der Waals surface area contributed by atoms with Gasteiger partial charge in [-0.2, -0.15) is 0 Å². The molecule has 0 aliphatic heterocycles. The van der Waals surface area contributed by atoms with Gasteiger partial charge in [-0.3, -0.25) is 4.79 Å². The predicted octanol–water partition coefficient (Wildman–Crippen LogP) is 0.493. The Morgan fingerprint density at radius 3 is 2.20 bits per heavy atom. The van der Waals surface area contributed by atoms with Gasteiger partial charge >= 0.3 is 0 Å². The van der Waals surface area contributed by atoms with E-state index in [0.717, 1.165) is 6.42 Å². The van der Waals surface area contributed by atoms with E-state index in [4.69, 9.17) is 10.8 Å². The average molecular weight is 216 g/mol. The van der Waals surface area contributed by atoms with Crippen molar-refractivity contribution >= 4 is 5.91 Å². The maximum Gasteiger partial charge on any atom is 0.237 e. The van der Waals surface area contributed by atoms with E-state index >= 15 is 0 Å². The van der Waals surface area contributed by atoms with Gasteiger partial charge in [0.15, 0.2) is 0 Å². The van der Waals surface area contributed by atoms with Gasteiger partial charge in [-0.05, 0) is 18.3 Å². The molecule has 0 aromatic heterocycles. The van der Waals surface area contributed by atoms with Crippen molar-refractivity contribution in [2.24, 2.45) is 17.6 Å². The molecule has 1 unspecified atom stereocenters. The third-order valence-corrected chi connectivity index (χ3v) is 2.34. The Hall–Kier alpha value is -0.610. The Kier molecular flexibility index (Phi) is 6.52. The summed E-state index contributed by atoms with van der Waals surface area (Å²) in [5.41, 5.74) is 5.70. The van der Waals surface area contributed by atoms with Crippen LogP contribution in [0.5, 0.6) is 0 Å². The number of hydrogen-bond acceptors (Lipinski definition) is 3. The number of nitrogens with two attached hydrogens (primary N) is 1. The van der Waals surface area contributed by atoms with Crippen LogP contribution in [-0.4, -0.2) is 29.7 Å². The zero-order chi connectivity index (χ0) is 12.0. The van der Waals surface area contributed by atoms with Gasteiger partial charge in [0.1, 0.15) is 0 Å². The highest BCUT2D eigenvalue weighted by molar-refractivity contribution is 5.82. The first kappa shape index (κ1) is 14.4. The molecule has 0 radical (unpaired) electrons. The van der Waals surface area contributed by atoms with Crippen LogP contribution in [0.2, 0.25) is 0 Å². The minimum absolute atomic E-state index is 0.0330. The summed E-state index contributed by atoms with van der Waals surface area (Å²) in [6.45, 7) is 7.88. The largest absolute Gasteiger partial charge is 0.394 e. The van der Waals surface area contributed by atoms with Crippen molar-refractivity contribution in [1.82, 2.24) is 5.32 Å². The maximum atomic E-state index is 11.6. The second kappa shape index (κ2) is 6.80. The van der Waals surface area contributed by atoms with E-state index in [2.05, 4.69) is 19.2 Å². The molecule has 0 aromatic rings. The van der Waals surface area contributed by atoms with Crippen LogP contribution in [0.4, 0.5) is 0 Å². The lowest BCUT2D eigenvalue weighted by Crippen LogP contribution is -2.49. The Bertz CT molecular complexity index is 193. The monoisotopic (exact) mass is 216 g/mol. The van der Waals surface area contributed by atoms with Crippen LogP contribution in [0.15, 0.2) is 0 Å². The van der Waals surface area contributed by atoms with Crippen molar-refractivity contribution < 1.29 is 9.90 Å². The van der Waals surface area contributed by atoms with Gasteiger partial charge < -0.3 is 16.2 Å². The fraction of sp³-hybridized carbons (Fsp3) is 0.909. The molecule has 0 rings (SSSR count). The Morgan fingerprint density at radius 1 is 1.33 bits per heavy atom. The first-order valence-corrected chi connectivity index (χ1v) is 5.55. The summed E-state index contributed by atoms with van der Waals surface area (Å²) in [6, 6.07) is -0.673. The van der Waals surface area contributed by atoms with E-state index in [1.807, 2.05) is 13.8 Å². The number of nitrogens with one attached hydrogen (secondary N) is 1. The maximum absolute atomic E-state index is 11.6. The summed E-state index contributed by atoms with van der Waals surface area (Å²) in [5.74, 6) is 0.380. The van der Waals surface area contributed by atoms with Crippen molar-refractivity contribution in [2.45, 2.75) is 46.2 Å². The number of aliphatic hydroxyl groups excluding tert-OH is 1. The van der Waals surface area contributed by atoms with Crippen LogP contribution < -0.4 is 11.1 Å². The molecule has 0 aliphatic carbocycles. The Balaban J connectivity index is 4.12. The van der Waals surface area contributed by atoms with Gasteiger partial charge in [-0.15, -0.1) is 0 Å². The van der Waals surface area contributed by atoms with Crippen molar-refractivity contribution in [3.63, 3.8) is 0 Å². The first-order valence-electron chi connectivity index (χ1n) is 5.55. The molecule has 0 fully saturated rings. The summed E-state index contributed by atoms with van der Waals surface area (Å²) in [5, 5.41) is 11.9. The van der Waals surface area contributed by atoms with Crippen LogP contribution in [0.1, 0.15) is 34.1 Å². The molecule has 0 spiro atoms. The SMILES string of the molecule is CC(C)CC(CO)NC(=O)[C@H](N)C(C)C. The van der Waals surface area contributed by atoms with Crippen LogP contribution in [-0.2, 0) is 4.79 Å². The lowest BCUT2D eigenvalue weighted by molar-refractivity contribution is -0.124. The minimum atomic E-state index is -0.494. The molecule has 0 bridgehead atoms. The normalized spacial score (nSPS) is 15.5. The second-order valence-corrected chi connectivity index (χ2v) is 4.79. The third-order valence-electron chi connectivity index (χ3n) is 2.34. The van der Waals surface area contributed by atoms with E-state index < -0.39 is 6.04 Å². The molecule has 0 heterocycles. The number of carbonyl (C=O) groups is 1. The molecule has 90 valence electrons. The van der Waals surface area contributed by atoms with Crippen LogP contribution >= 0.6 is 0 Å². The summed E-state index contributed by atoms with van der Waals surface area (Å²) in [6.07, 6.45) is 0.771. The molecule has 0 aliphatic rings. The minimum Gasteiger partial charge on any atom is -0.394 e. The topological polar surface area (TPSA) is 75.3 Å². The molecular formula is C11H24N2O2. The molecule has 15 heavy (non-hydrogen) atoms. The van der Waals surface area contributed by atoms with Crippen molar-refractivity contribution in [1.29, 1.82) is 0 Å². The van der Waals surface area contributed by atoms with Crippen molar-refractivity contribution in [2.75, 3.05) is 6.61 Å². The highest BCUT2D eigenvalue weighted by atomic mass is 16.3. The quantitative estimate of drug-likeness (QED) is 0.605. The smallest absolute Gasteiger partial charge is 0.237 e. The molecule has 4 heteroatoms. The lowest BCUT2D eigenvalue weighted by atomic mass is 10.0. The van der Waals surface area contributed by atoms with E-state index in [0.29, 0.717) is 5.92 Å². The average Bonchev–Trinajstić information content (AvgIpc) is 2.14. The first-order chi connectivity index (χ1) is 6.88. The van der Waals surface area contributed by atoms with Crippen LogP contribution in [0, 0.1) is 11.8 Å². The van der Waals surface area contributed by atoms with Gasteiger partial charge in [0.25, 0.3) is 0 Å². The van der Waals surface area contributed by atoms with Gasteiger partial charge in [0.2, 0.25) is 5.91 Å².